The molecule has 1 amide bonds. The molecule has 2 heterocycles. The van der Waals surface area contributed by atoms with Crippen molar-refractivity contribution in [2.24, 2.45) is 0 Å². The van der Waals surface area contributed by atoms with Gasteiger partial charge in [-0.05, 0) is 53.4 Å². The molecule has 4 rings (SSSR count). The zero-order valence-electron chi connectivity index (χ0n) is 18.1. The topological polar surface area (TPSA) is 92.2 Å². The van der Waals surface area contributed by atoms with Crippen molar-refractivity contribution in [2.75, 3.05) is 5.32 Å². The Morgan fingerprint density at radius 1 is 0.938 bits per heavy atom. The van der Waals surface area contributed by atoms with E-state index >= 15 is 0 Å². The first-order chi connectivity index (χ1) is 15.2. The molecule has 0 fully saturated rings. The number of nitrogens with zero attached hydrogens (tertiary/aromatic N) is 2. The molecule has 160 valence electrons. The van der Waals surface area contributed by atoms with Crippen molar-refractivity contribution in [1.29, 1.82) is 0 Å². The molecule has 0 unspecified atom stereocenters. The van der Waals surface area contributed by atoms with Crippen molar-refractivity contribution < 1.29 is 14.7 Å². The van der Waals surface area contributed by atoms with E-state index in [-0.39, 0.29) is 16.9 Å². The van der Waals surface area contributed by atoms with E-state index in [9.17, 15) is 9.59 Å². The molecule has 2 aromatic carbocycles. The van der Waals surface area contributed by atoms with Crippen molar-refractivity contribution in [3.05, 3.63) is 89.6 Å². The Morgan fingerprint density at radius 3 is 2.38 bits per heavy atom. The highest BCUT2D eigenvalue weighted by molar-refractivity contribution is 6.08. The minimum Gasteiger partial charge on any atom is -0.478 e. The summed E-state index contributed by atoms with van der Waals surface area (Å²) >= 11 is 0. The van der Waals surface area contributed by atoms with Crippen LogP contribution in [0.4, 0.5) is 5.82 Å². The number of fused-ring (bicyclic) bond motifs is 1. The number of anilines is 1. The number of nitrogens with one attached hydrogen (secondary N) is 1. The molecular formula is C26H23N3O3. The molecule has 6 heteroatoms. The maximum Gasteiger partial charge on any atom is 0.335 e. The smallest absolute Gasteiger partial charge is 0.335 e. The molecule has 0 aliphatic rings. The fourth-order valence-electron chi connectivity index (χ4n) is 3.46. The Hall–Kier alpha value is -4.06. The van der Waals surface area contributed by atoms with Crippen molar-refractivity contribution >= 4 is 28.6 Å². The van der Waals surface area contributed by atoms with Gasteiger partial charge in [0.05, 0.1) is 22.3 Å². The highest BCUT2D eigenvalue weighted by Gasteiger charge is 2.17. The van der Waals surface area contributed by atoms with Crippen LogP contribution in [0.3, 0.4) is 0 Å². The second-order valence-electron chi connectivity index (χ2n) is 8.59. The van der Waals surface area contributed by atoms with E-state index in [0.717, 1.165) is 5.56 Å². The molecule has 0 spiro atoms. The van der Waals surface area contributed by atoms with Crippen LogP contribution in [0.5, 0.6) is 0 Å². The van der Waals surface area contributed by atoms with Gasteiger partial charge in [0.2, 0.25) is 0 Å². The lowest BCUT2D eigenvalue weighted by atomic mass is 9.86. The van der Waals surface area contributed by atoms with E-state index in [1.807, 2.05) is 12.1 Å². The van der Waals surface area contributed by atoms with Crippen molar-refractivity contribution in [2.45, 2.75) is 26.2 Å². The fraction of sp³-hybridized carbons (Fsp3) is 0.154. The molecule has 0 saturated carbocycles. The Balaban J connectivity index is 1.62. The van der Waals surface area contributed by atoms with Gasteiger partial charge in [-0.3, -0.25) is 9.78 Å². The summed E-state index contributed by atoms with van der Waals surface area (Å²) in [5, 5.41) is 12.6. The van der Waals surface area contributed by atoms with E-state index in [4.69, 9.17) is 5.11 Å². The van der Waals surface area contributed by atoms with E-state index in [1.165, 1.54) is 11.6 Å². The van der Waals surface area contributed by atoms with Gasteiger partial charge in [-0.2, -0.15) is 0 Å². The van der Waals surface area contributed by atoms with Crippen molar-refractivity contribution in [3.8, 4) is 11.3 Å². The second-order valence-corrected chi connectivity index (χ2v) is 8.59. The van der Waals surface area contributed by atoms with Crippen LogP contribution in [0, 0.1) is 0 Å². The molecule has 0 bridgehead atoms. The summed E-state index contributed by atoms with van der Waals surface area (Å²) < 4.78 is 0. The van der Waals surface area contributed by atoms with Crippen LogP contribution in [0.1, 0.15) is 47.1 Å². The van der Waals surface area contributed by atoms with Crippen LogP contribution in [0.25, 0.3) is 22.2 Å². The Labute approximate surface area is 186 Å². The van der Waals surface area contributed by atoms with Gasteiger partial charge >= 0.3 is 5.97 Å². The first-order valence-corrected chi connectivity index (χ1v) is 10.2. The average Bonchev–Trinajstić information content (AvgIpc) is 2.78. The normalized spacial score (nSPS) is 11.3. The number of amides is 1. The SMILES string of the molecule is CC(C)(C)c1ccc(-c2ncccc2C(=O)Nc2ccc3cc(C(=O)O)ccc3n2)cc1. The van der Waals surface area contributed by atoms with Crippen LogP contribution >= 0.6 is 0 Å². The van der Waals surface area contributed by atoms with Gasteiger partial charge in [-0.25, -0.2) is 9.78 Å². The van der Waals surface area contributed by atoms with Crippen molar-refractivity contribution in [3.63, 3.8) is 0 Å². The van der Waals surface area contributed by atoms with E-state index < -0.39 is 5.97 Å². The van der Waals surface area contributed by atoms with Crippen LogP contribution < -0.4 is 5.32 Å². The number of aromatic carboxylic acids is 1. The van der Waals surface area contributed by atoms with Gasteiger partial charge in [0.1, 0.15) is 5.82 Å². The number of benzene rings is 2. The summed E-state index contributed by atoms with van der Waals surface area (Å²) in [6.07, 6.45) is 1.66. The number of rotatable bonds is 4. The summed E-state index contributed by atoms with van der Waals surface area (Å²) in [7, 11) is 0. The number of carboxylic acid groups (broad SMARTS) is 1. The number of hydrogen-bond acceptors (Lipinski definition) is 4. The Kier molecular flexibility index (Phi) is 5.45. The molecule has 2 N–H and O–H groups in total. The van der Waals surface area contributed by atoms with Gasteiger partial charge in [0.25, 0.3) is 5.91 Å². The van der Waals surface area contributed by atoms with E-state index in [1.54, 1.807) is 42.6 Å². The first kappa shape index (κ1) is 21.2. The number of aromatic nitrogens is 2. The molecule has 0 aliphatic carbocycles. The average molecular weight is 425 g/mol. The zero-order chi connectivity index (χ0) is 22.9. The maximum absolute atomic E-state index is 13.0. The Bertz CT molecular complexity index is 1320. The van der Waals surface area contributed by atoms with Gasteiger partial charge in [-0.15, -0.1) is 0 Å². The maximum atomic E-state index is 13.0. The van der Waals surface area contributed by atoms with Crippen LogP contribution in [0.2, 0.25) is 0 Å². The molecule has 0 aliphatic heterocycles. The van der Waals surface area contributed by atoms with Crippen molar-refractivity contribution in [1.82, 2.24) is 9.97 Å². The lowest BCUT2D eigenvalue weighted by Crippen LogP contribution is -2.15. The summed E-state index contributed by atoms with van der Waals surface area (Å²) in [6, 6.07) is 19.6. The zero-order valence-corrected chi connectivity index (χ0v) is 18.1. The minimum absolute atomic E-state index is 0.0375. The molecule has 4 aromatic rings. The lowest BCUT2D eigenvalue weighted by Gasteiger charge is -2.19. The number of carbonyl (C=O) groups is 2. The molecule has 0 saturated heterocycles. The third-order valence-electron chi connectivity index (χ3n) is 5.25. The highest BCUT2D eigenvalue weighted by Crippen LogP contribution is 2.27. The quantitative estimate of drug-likeness (QED) is 0.448. The van der Waals surface area contributed by atoms with E-state index in [0.29, 0.717) is 28.0 Å². The molecule has 32 heavy (non-hydrogen) atoms. The molecule has 6 nitrogen and oxygen atoms in total. The molecule has 2 aromatic heterocycles. The number of carbonyl (C=O) groups excluding carboxylic acids is 1. The van der Waals surface area contributed by atoms with Crippen LogP contribution in [-0.2, 0) is 5.41 Å². The number of hydrogen-bond donors (Lipinski definition) is 2. The standard InChI is InChI=1S/C26H23N3O3/c1-26(2,3)19-10-6-16(7-11-19)23-20(5-4-14-27-23)24(30)29-22-13-9-17-15-18(25(31)32)8-12-21(17)28-22/h4-15H,1-3H3,(H,31,32)(H,28,29,30). The fourth-order valence-corrected chi connectivity index (χ4v) is 3.46. The molecule has 0 radical (unpaired) electrons. The van der Waals surface area contributed by atoms with Gasteiger partial charge < -0.3 is 10.4 Å². The van der Waals surface area contributed by atoms with Gasteiger partial charge in [0.15, 0.2) is 0 Å². The Morgan fingerprint density at radius 2 is 1.69 bits per heavy atom. The number of carboxylic acids is 1. The van der Waals surface area contributed by atoms with Gasteiger partial charge in [-0.1, -0.05) is 45.0 Å². The minimum atomic E-state index is -0.996. The predicted molar refractivity (Wildman–Crippen MR) is 125 cm³/mol. The van der Waals surface area contributed by atoms with Crippen LogP contribution in [-0.4, -0.2) is 27.0 Å². The highest BCUT2D eigenvalue weighted by atomic mass is 16.4. The summed E-state index contributed by atoms with van der Waals surface area (Å²) in [5.74, 6) is -0.936. The third-order valence-corrected chi connectivity index (χ3v) is 5.25. The largest absolute Gasteiger partial charge is 0.478 e. The first-order valence-electron chi connectivity index (χ1n) is 10.2. The van der Waals surface area contributed by atoms with Crippen LogP contribution in [0.15, 0.2) is 72.9 Å². The monoisotopic (exact) mass is 425 g/mol. The summed E-state index contributed by atoms with van der Waals surface area (Å²) in [4.78, 5) is 33.1. The molecular weight excluding hydrogens is 402 g/mol. The molecule has 0 atom stereocenters. The summed E-state index contributed by atoms with van der Waals surface area (Å²) in [6.45, 7) is 6.46. The second kappa shape index (κ2) is 8.23. The van der Waals surface area contributed by atoms with E-state index in [2.05, 4.69) is 48.2 Å². The lowest BCUT2D eigenvalue weighted by molar-refractivity contribution is 0.0697. The summed E-state index contributed by atoms with van der Waals surface area (Å²) in [5.41, 5.74) is 3.92. The van der Waals surface area contributed by atoms with Gasteiger partial charge in [0, 0.05) is 17.1 Å². The third kappa shape index (κ3) is 4.34. The predicted octanol–water partition coefficient (Wildman–Crippen LogP) is 5.54. The number of pyridine rings is 2.